The van der Waals surface area contributed by atoms with Gasteiger partial charge in [-0.05, 0) is 74.1 Å². The van der Waals surface area contributed by atoms with Crippen LogP contribution in [0.3, 0.4) is 0 Å². The molecule has 0 spiro atoms. The fourth-order valence-electron chi connectivity index (χ4n) is 3.84. The fourth-order valence-corrected chi connectivity index (χ4v) is 4.54. The Hall–Kier alpha value is -2.21. The molecule has 0 amide bonds. The fraction of sp³-hybridized carbons (Fsp3) is 0.478. The highest BCUT2D eigenvalue weighted by Crippen LogP contribution is 2.27. The van der Waals surface area contributed by atoms with Gasteiger partial charge in [0.2, 0.25) is 10.0 Å². The lowest BCUT2D eigenvalue weighted by Crippen LogP contribution is -2.38. The second kappa shape index (κ2) is 9.08. The highest BCUT2D eigenvalue weighted by Gasteiger charge is 2.21. The zero-order chi connectivity index (χ0) is 21.0. The summed E-state index contributed by atoms with van der Waals surface area (Å²) in [5.41, 5.74) is 4.06. The van der Waals surface area contributed by atoms with Crippen LogP contribution in [-0.4, -0.2) is 26.8 Å². The molecule has 29 heavy (non-hydrogen) atoms. The molecule has 1 aliphatic heterocycles. The Bertz CT molecular complexity index is 883. The van der Waals surface area contributed by atoms with Crippen LogP contribution in [0.5, 0.6) is 0 Å². The van der Waals surface area contributed by atoms with E-state index in [1.54, 1.807) is 26.0 Å². The Morgan fingerprint density at radius 2 is 1.48 bits per heavy atom. The molecule has 2 unspecified atom stereocenters. The van der Waals surface area contributed by atoms with Crippen LogP contribution in [0.2, 0.25) is 0 Å². The molecule has 1 fully saturated rings. The van der Waals surface area contributed by atoms with Crippen molar-refractivity contribution in [2.45, 2.75) is 45.9 Å². The molecule has 0 bridgehead atoms. The molecule has 2 aromatic carbocycles. The smallest absolute Gasteiger partial charge is 0.235 e. The van der Waals surface area contributed by atoms with Crippen molar-refractivity contribution in [3.63, 3.8) is 0 Å². The monoisotopic (exact) mass is 415 g/mol. The van der Waals surface area contributed by atoms with Crippen molar-refractivity contribution in [3.8, 4) is 0 Å². The van der Waals surface area contributed by atoms with Crippen molar-refractivity contribution in [2.24, 2.45) is 11.8 Å². The van der Waals surface area contributed by atoms with Crippen molar-refractivity contribution in [1.29, 1.82) is 0 Å². The third-order valence-corrected chi connectivity index (χ3v) is 7.19. The number of piperidine rings is 1. The number of rotatable bonds is 7. The van der Waals surface area contributed by atoms with Gasteiger partial charge in [0.15, 0.2) is 0 Å². The van der Waals surface area contributed by atoms with E-state index in [2.05, 4.69) is 53.1 Å². The van der Waals surface area contributed by atoms with Gasteiger partial charge in [-0.25, -0.2) is 8.42 Å². The molecule has 158 valence electrons. The maximum Gasteiger partial charge on any atom is 0.235 e. The number of anilines is 3. The number of nitrogens with one attached hydrogen (secondary N) is 2. The number of benzene rings is 2. The van der Waals surface area contributed by atoms with Gasteiger partial charge in [0, 0.05) is 36.7 Å². The summed E-state index contributed by atoms with van der Waals surface area (Å²) in [7, 11) is -3.31. The Labute approximate surface area is 175 Å². The van der Waals surface area contributed by atoms with Gasteiger partial charge in [-0.2, -0.15) is 0 Å². The largest absolute Gasteiger partial charge is 0.381 e. The van der Waals surface area contributed by atoms with Crippen molar-refractivity contribution in [1.82, 2.24) is 0 Å². The van der Waals surface area contributed by atoms with Crippen molar-refractivity contribution in [2.75, 3.05) is 28.0 Å². The van der Waals surface area contributed by atoms with Crippen LogP contribution in [0, 0.1) is 11.8 Å². The van der Waals surface area contributed by atoms with E-state index in [0.29, 0.717) is 12.2 Å². The van der Waals surface area contributed by atoms with Gasteiger partial charge < -0.3 is 10.2 Å². The quantitative estimate of drug-likeness (QED) is 0.673. The first kappa shape index (κ1) is 21.5. The van der Waals surface area contributed by atoms with Crippen LogP contribution in [0.15, 0.2) is 48.5 Å². The summed E-state index contributed by atoms with van der Waals surface area (Å²) < 4.78 is 26.5. The second-order valence-corrected chi connectivity index (χ2v) is 10.9. The van der Waals surface area contributed by atoms with E-state index in [4.69, 9.17) is 0 Å². The van der Waals surface area contributed by atoms with Gasteiger partial charge in [0.1, 0.15) is 0 Å². The summed E-state index contributed by atoms with van der Waals surface area (Å²) >= 11 is 0. The normalized spacial score (nSPS) is 20.0. The average molecular weight is 416 g/mol. The Balaban J connectivity index is 1.55. The molecular weight excluding hydrogens is 382 g/mol. The lowest BCUT2D eigenvalue weighted by Gasteiger charge is -2.36. The van der Waals surface area contributed by atoms with E-state index < -0.39 is 15.3 Å². The van der Waals surface area contributed by atoms with Gasteiger partial charge in [-0.15, -0.1) is 0 Å². The Morgan fingerprint density at radius 1 is 0.931 bits per heavy atom. The first-order valence-electron chi connectivity index (χ1n) is 10.4. The van der Waals surface area contributed by atoms with Crippen molar-refractivity contribution in [3.05, 3.63) is 54.1 Å². The van der Waals surface area contributed by atoms with E-state index in [1.807, 2.05) is 12.1 Å². The first-order valence-corrected chi connectivity index (χ1v) is 12.0. The molecule has 2 aromatic rings. The van der Waals surface area contributed by atoms with E-state index in [9.17, 15) is 8.42 Å². The Morgan fingerprint density at radius 3 is 2.03 bits per heavy atom. The minimum absolute atomic E-state index is 0.455. The summed E-state index contributed by atoms with van der Waals surface area (Å²) in [6.45, 7) is 10.9. The van der Waals surface area contributed by atoms with Crippen molar-refractivity contribution >= 4 is 27.1 Å². The molecule has 2 atom stereocenters. The average Bonchev–Trinajstić information content (AvgIpc) is 2.67. The lowest BCUT2D eigenvalue weighted by molar-refractivity contribution is 0.357. The second-order valence-electron chi connectivity index (χ2n) is 8.64. The maximum atomic E-state index is 11.9. The highest BCUT2D eigenvalue weighted by molar-refractivity contribution is 7.93. The van der Waals surface area contributed by atoms with Gasteiger partial charge in [-0.3, -0.25) is 4.72 Å². The molecule has 0 radical (unpaired) electrons. The molecule has 1 aliphatic rings. The molecule has 1 heterocycles. The maximum absolute atomic E-state index is 11.9. The minimum Gasteiger partial charge on any atom is -0.381 e. The van der Waals surface area contributed by atoms with Gasteiger partial charge in [-0.1, -0.05) is 26.0 Å². The van der Waals surface area contributed by atoms with Crippen LogP contribution in [0.25, 0.3) is 0 Å². The predicted molar refractivity (Wildman–Crippen MR) is 123 cm³/mol. The highest BCUT2D eigenvalue weighted by atomic mass is 32.2. The summed E-state index contributed by atoms with van der Waals surface area (Å²) in [6, 6.07) is 16.1. The van der Waals surface area contributed by atoms with Crippen molar-refractivity contribution < 1.29 is 8.42 Å². The minimum atomic E-state index is -3.31. The first-order chi connectivity index (χ1) is 13.7. The third-order valence-electron chi connectivity index (χ3n) is 5.43. The van der Waals surface area contributed by atoms with Gasteiger partial charge >= 0.3 is 0 Å². The Kier molecular flexibility index (Phi) is 6.73. The number of hydrogen-bond acceptors (Lipinski definition) is 4. The third kappa shape index (κ3) is 5.89. The zero-order valence-electron chi connectivity index (χ0n) is 17.9. The molecule has 3 rings (SSSR count). The van der Waals surface area contributed by atoms with E-state index in [-0.39, 0.29) is 0 Å². The standard InChI is InChI=1S/C23H33N3O2S/c1-17(2)29(27,28)25-22-7-5-20(6-8-22)14-24-21-9-11-23(12-10-21)26-15-18(3)13-19(4)16-26/h5-12,17-19,24-25H,13-16H2,1-4H3. The summed E-state index contributed by atoms with van der Waals surface area (Å²) in [6.07, 6.45) is 1.31. The number of nitrogens with zero attached hydrogens (tertiary/aromatic N) is 1. The zero-order valence-corrected chi connectivity index (χ0v) is 18.7. The van der Waals surface area contributed by atoms with Gasteiger partial charge in [0.25, 0.3) is 0 Å². The van der Waals surface area contributed by atoms with Crippen LogP contribution in [-0.2, 0) is 16.6 Å². The van der Waals surface area contributed by atoms with Crippen LogP contribution >= 0.6 is 0 Å². The predicted octanol–water partition coefficient (Wildman–Crippen LogP) is 4.93. The molecule has 1 saturated heterocycles. The molecule has 0 saturated carbocycles. The molecule has 0 aromatic heterocycles. The number of hydrogen-bond donors (Lipinski definition) is 2. The van der Waals surface area contributed by atoms with E-state index in [1.165, 1.54) is 12.1 Å². The van der Waals surface area contributed by atoms with E-state index in [0.717, 1.165) is 36.2 Å². The SMILES string of the molecule is CC1CC(C)CN(c2ccc(NCc3ccc(NS(=O)(=O)C(C)C)cc3)cc2)C1. The molecule has 6 heteroatoms. The summed E-state index contributed by atoms with van der Waals surface area (Å²) in [5, 5.41) is 2.98. The molecule has 0 aliphatic carbocycles. The summed E-state index contributed by atoms with van der Waals surface area (Å²) in [5.74, 6) is 1.48. The van der Waals surface area contributed by atoms with E-state index >= 15 is 0 Å². The van der Waals surface area contributed by atoms with Crippen LogP contribution in [0.1, 0.15) is 39.7 Å². The van der Waals surface area contributed by atoms with Gasteiger partial charge in [0.05, 0.1) is 5.25 Å². The van der Waals surface area contributed by atoms with Crippen LogP contribution in [0.4, 0.5) is 17.1 Å². The topological polar surface area (TPSA) is 61.4 Å². The lowest BCUT2D eigenvalue weighted by atomic mass is 9.91. The van der Waals surface area contributed by atoms with Crippen LogP contribution < -0.4 is 14.9 Å². The number of sulfonamides is 1. The summed E-state index contributed by atoms with van der Waals surface area (Å²) in [4.78, 5) is 2.49. The molecular formula is C23H33N3O2S. The molecule has 2 N–H and O–H groups in total. The molecule has 5 nitrogen and oxygen atoms in total.